The number of carbonyl (C=O) groups excluding carboxylic acids is 1. The van der Waals surface area contributed by atoms with Crippen LogP contribution in [0.4, 0.5) is 0 Å². The molecule has 0 aromatic carbocycles. The number of Topliss-reactive ketones (excluding diaryl/α,β-unsaturated/α-hetero) is 1. The number of ketones is 1. The van der Waals surface area contributed by atoms with E-state index in [0.29, 0.717) is 12.3 Å². The van der Waals surface area contributed by atoms with Gasteiger partial charge in [0, 0.05) is 13.5 Å². The summed E-state index contributed by atoms with van der Waals surface area (Å²) in [4.78, 5) is 11.6. The molecule has 0 aliphatic heterocycles. The molecule has 2 heteroatoms. The first kappa shape index (κ1) is 12.7. The van der Waals surface area contributed by atoms with Gasteiger partial charge in [0.05, 0.1) is 0 Å². The zero-order valence-corrected chi connectivity index (χ0v) is 10.5. The monoisotopic (exact) mass is 212 g/mol. The van der Waals surface area contributed by atoms with E-state index in [1.165, 1.54) is 19.3 Å². The first-order valence-electron chi connectivity index (χ1n) is 5.98. The standard InChI is InChI=1S/C13H24O2/c1-10(11-6-5-7-11)13(2,3)8-12(14)9-15-4/h10-11H,5-9H2,1-4H3. The summed E-state index contributed by atoms with van der Waals surface area (Å²) in [6.45, 7) is 6.98. The number of carbonyl (C=O) groups is 1. The van der Waals surface area contributed by atoms with Crippen LogP contribution in [0.1, 0.15) is 46.5 Å². The predicted octanol–water partition coefficient (Wildman–Crippen LogP) is 3.05. The molecule has 0 amide bonds. The van der Waals surface area contributed by atoms with Crippen LogP contribution in [-0.4, -0.2) is 19.5 Å². The van der Waals surface area contributed by atoms with Gasteiger partial charge in [0.25, 0.3) is 0 Å². The van der Waals surface area contributed by atoms with Crippen molar-refractivity contribution in [1.82, 2.24) is 0 Å². The Bertz CT molecular complexity index is 217. The Hall–Kier alpha value is -0.370. The molecular weight excluding hydrogens is 188 g/mol. The van der Waals surface area contributed by atoms with Crippen LogP contribution in [0, 0.1) is 17.3 Å². The maximum Gasteiger partial charge on any atom is 0.158 e. The fraction of sp³-hybridized carbons (Fsp3) is 0.923. The highest BCUT2D eigenvalue weighted by Crippen LogP contribution is 2.44. The number of methoxy groups -OCH3 is 1. The molecule has 1 fully saturated rings. The molecule has 0 bridgehead atoms. The average molecular weight is 212 g/mol. The Balaban J connectivity index is 2.45. The van der Waals surface area contributed by atoms with Gasteiger partial charge < -0.3 is 4.74 Å². The van der Waals surface area contributed by atoms with E-state index in [1.54, 1.807) is 7.11 Å². The lowest BCUT2D eigenvalue weighted by Gasteiger charge is -2.41. The first-order valence-corrected chi connectivity index (χ1v) is 5.98. The number of ether oxygens (including phenoxy) is 1. The van der Waals surface area contributed by atoms with E-state index in [4.69, 9.17) is 4.74 Å². The van der Waals surface area contributed by atoms with Crippen molar-refractivity contribution in [1.29, 1.82) is 0 Å². The maximum atomic E-state index is 11.6. The van der Waals surface area contributed by atoms with Crippen LogP contribution in [-0.2, 0) is 9.53 Å². The van der Waals surface area contributed by atoms with Gasteiger partial charge in [0.15, 0.2) is 5.78 Å². The molecule has 0 aromatic rings. The first-order chi connectivity index (χ1) is 6.97. The molecule has 1 saturated carbocycles. The van der Waals surface area contributed by atoms with Crippen molar-refractivity contribution in [2.45, 2.75) is 46.5 Å². The maximum absolute atomic E-state index is 11.6. The van der Waals surface area contributed by atoms with Gasteiger partial charge in [-0.05, 0) is 17.3 Å². The largest absolute Gasteiger partial charge is 0.377 e. The highest BCUT2D eigenvalue weighted by Gasteiger charge is 2.36. The minimum atomic E-state index is 0.126. The lowest BCUT2D eigenvalue weighted by atomic mass is 9.64. The third-order valence-electron chi connectivity index (χ3n) is 4.05. The second-order valence-electron chi connectivity index (χ2n) is 5.62. The highest BCUT2D eigenvalue weighted by molar-refractivity contribution is 5.80. The van der Waals surface area contributed by atoms with Gasteiger partial charge in [-0.15, -0.1) is 0 Å². The fourth-order valence-electron chi connectivity index (χ4n) is 2.46. The van der Waals surface area contributed by atoms with Crippen molar-refractivity contribution in [2.24, 2.45) is 17.3 Å². The van der Waals surface area contributed by atoms with Crippen LogP contribution < -0.4 is 0 Å². The van der Waals surface area contributed by atoms with Crippen molar-refractivity contribution < 1.29 is 9.53 Å². The summed E-state index contributed by atoms with van der Waals surface area (Å²) in [5.41, 5.74) is 0.126. The van der Waals surface area contributed by atoms with E-state index in [0.717, 1.165) is 5.92 Å². The number of rotatable bonds is 6. The molecule has 1 aliphatic rings. The SMILES string of the molecule is COCC(=O)CC(C)(C)C(C)C1CCC1. The van der Waals surface area contributed by atoms with Crippen LogP contribution in [0.15, 0.2) is 0 Å². The van der Waals surface area contributed by atoms with Crippen molar-refractivity contribution in [3.05, 3.63) is 0 Å². The molecule has 0 N–H and O–H groups in total. The van der Waals surface area contributed by atoms with Gasteiger partial charge in [-0.2, -0.15) is 0 Å². The van der Waals surface area contributed by atoms with Gasteiger partial charge in [-0.1, -0.05) is 40.0 Å². The summed E-state index contributed by atoms with van der Waals surface area (Å²) >= 11 is 0. The molecule has 0 radical (unpaired) electrons. The van der Waals surface area contributed by atoms with Crippen LogP contribution in [0.25, 0.3) is 0 Å². The number of hydrogen-bond donors (Lipinski definition) is 0. The third kappa shape index (κ3) is 3.30. The molecule has 0 heterocycles. The van der Waals surface area contributed by atoms with Crippen LogP contribution >= 0.6 is 0 Å². The molecule has 0 aromatic heterocycles. The fourth-order valence-corrected chi connectivity index (χ4v) is 2.46. The Morgan fingerprint density at radius 2 is 2.07 bits per heavy atom. The van der Waals surface area contributed by atoms with E-state index in [2.05, 4.69) is 20.8 Å². The quantitative estimate of drug-likeness (QED) is 0.676. The molecule has 88 valence electrons. The predicted molar refractivity (Wildman–Crippen MR) is 61.8 cm³/mol. The highest BCUT2D eigenvalue weighted by atomic mass is 16.5. The molecule has 0 saturated heterocycles. The molecule has 1 aliphatic carbocycles. The number of hydrogen-bond acceptors (Lipinski definition) is 2. The van der Waals surface area contributed by atoms with Gasteiger partial charge in [0.1, 0.15) is 6.61 Å². The Morgan fingerprint density at radius 3 is 2.47 bits per heavy atom. The van der Waals surface area contributed by atoms with Crippen molar-refractivity contribution in [3.63, 3.8) is 0 Å². The van der Waals surface area contributed by atoms with E-state index in [-0.39, 0.29) is 17.8 Å². The molecular formula is C13H24O2. The average Bonchev–Trinajstić information content (AvgIpc) is 1.99. The zero-order chi connectivity index (χ0) is 11.5. The summed E-state index contributed by atoms with van der Waals surface area (Å²) < 4.78 is 4.88. The van der Waals surface area contributed by atoms with E-state index < -0.39 is 0 Å². The summed E-state index contributed by atoms with van der Waals surface area (Å²) in [6.07, 6.45) is 4.72. The molecule has 1 unspecified atom stereocenters. The normalized spacial score (nSPS) is 19.7. The Morgan fingerprint density at radius 1 is 1.47 bits per heavy atom. The smallest absolute Gasteiger partial charge is 0.158 e. The second kappa shape index (κ2) is 5.11. The van der Waals surface area contributed by atoms with Gasteiger partial charge >= 0.3 is 0 Å². The van der Waals surface area contributed by atoms with Crippen LogP contribution in [0.2, 0.25) is 0 Å². The molecule has 1 rings (SSSR count). The Kier molecular flexibility index (Phi) is 4.32. The molecule has 0 spiro atoms. The Labute approximate surface area is 93.4 Å². The lowest BCUT2D eigenvalue weighted by molar-refractivity contribution is -0.125. The summed E-state index contributed by atoms with van der Waals surface area (Å²) in [5.74, 6) is 1.72. The van der Waals surface area contributed by atoms with Crippen molar-refractivity contribution in [2.75, 3.05) is 13.7 Å². The van der Waals surface area contributed by atoms with Gasteiger partial charge in [-0.25, -0.2) is 0 Å². The van der Waals surface area contributed by atoms with E-state index in [9.17, 15) is 4.79 Å². The van der Waals surface area contributed by atoms with Gasteiger partial charge in [-0.3, -0.25) is 4.79 Å². The van der Waals surface area contributed by atoms with Crippen LogP contribution in [0.3, 0.4) is 0 Å². The molecule has 15 heavy (non-hydrogen) atoms. The summed E-state index contributed by atoms with van der Waals surface area (Å²) in [7, 11) is 1.58. The van der Waals surface area contributed by atoms with E-state index >= 15 is 0 Å². The summed E-state index contributed by atoms with van der Waals surface area (Å²) in [5, 5.41) is 0. The van der Waals surface area contributed by atoms with Crippen LogP contribution in [0.5, 0.6) is 0 Å². The second-order valence-corrected chi connectivity index (χ2v) is 5.62. The molecule has 2 nitrogen and oxygen atoms in total. The topological polar surface area (TPSA) is 26.3 Å². The lowest BCUT2D eigenvalue weighted by Crippen LogP contribution is -2.34. The minimum absolute atomic E-state index is 0.126. The minimum Gasteiger partial charge on any atom is -0.377 e. The molecule has 1 atom stereocenters. The van der Waals surface area contributed by atoms with Gasteiger partial charge in [0.2, 0.25) is 0 Å². The van der Waals surface area contributed by atoms with E-state index in [1.807, 2.05) is 0 Å². The van der Waals surface area contributed by atoms with Crippen molar-refractivity contribution >= 4 is 5.78 Å². The van der Waals surface area contributed by atoms with Crippen molar-refractivity contribution in [3.8, 4) is 0 Å². The third-order valence-corrected chi connectivity index (χ3v) is 4.05. The summed E-state index contributed by atoms with van der Waals surface area (Å²) in [6, 6.07) is 0. The zero-order valence-electron chi connectivity index (χ0n) is 10.5.